The summed E-state index contributed by atoms with van der Waals surface area (Å²) in [7, 11) is 0.0478. The van der Waals surface area contributed by atoms with Crippen LogP contribution in [-0.4, -0.2) is 63.8 Å². The molecule has 0 aliphatic carbocycles. The van der Waals surface area contributed by atoms with E-state index < -0.39 is 21.7 Å². The lowest BCUT2D eigenvalue weighted by Gasteiger charge is -2.32. The molecule has 0 spiro atoms. The molecule has 1 aliphatic rings. The average Bonchev–Trinajstić information content (AvgIpc) is 2.61. The van der Waals surface area contributed by atoms with Gasteiger partial charge in [-0.05, 0) is 50.6 Å². The summed E-state index contributed by atoms with van der Waals surface area (Å²) in [6.07, 6.45) is 0.783. The van der Waals surface area contributed by atoms with E-state index in [0.717, 1.165) is 18.7 Å². The summed E-state index contributed by atoms with van der Waals surface area (Å²) >= 11 is 0. The van der Waals surface area contributed by atoms with Crippen LogP contribution in [0.3, 0.4) is 0 Å². The summed E-state index contributed by atoms with van der Waals surface area (Å²) in [6, 6.07) is 2.55. The maximum atomic E-state index is 13.4. The molecule has 0 radical (unpaired) electrons. The molecule has 1 aliphatic heterocycles. The second-order valence-electron chi connectivity index (χ2n) is 8.37. The third-order valence-corrected chi connectivity index (χ3v) is 6.73. The number of nitrogens with zero attached hydrogens (tertiary/aromatic N) is 2. The molecule has 1 fully saturated rings. The molecule has 0 atom stereocenters. The Morgan fingerprint density at radius 2 is 1.82 bits per heavy atom. The average molecular weight is 418 g/mol. The van der Waals surface area contributed by atoms with Gasteiger partial charge >= 0.3 is 0 Å². The molecule has 158 valence electrons. The fourth-order valence-corrected chi connectivity index (χ4v) is 5.01. The van der Waals surface area contributed by atoms with Gasteiger partial charge in [0.25, 0.3) is 0 Å². The predicted octanol–water partition coefficient (Wildman–Crippen LogP) is 2.07. The molecular weight excluding hydrogens is 388 g/mol. The summed E-state index contributed by atoms with van der Waals surface area (Å²) in [6.45, 7) is 5.85. The number of nitrogens with one attached hydrogen (secondary N) is 1. The topological polar surface area (TPSA) is 69.7 Å². The molecular formula is C19H29F2N3O3S. The van der Waals surface area contributed by atoms with Crippen LogP contribution in [0.15, 0.2) is 23.1 Å². The van der Waals surface area contributed by atoms with Gasteiger partial charge in [0.1, 0.15) is 0 Å². The number of rotatable bonds is 7. The van der Waals surface area contributed by atoms with E-state index in [0.29, 0.717) is 25.5 Å². The van der Waals surface area contributed by atoms with Gasteiger partial charge in [-0.1, -0.05) is 13.8 Å². The summed E-state index contributed by atoms with van der Waals surface area (Å²) < 4.78 is 52.9. The number of hydrogen-bond acceptors (Lipinski definition) is 4. The van der Waals surface area contributed by atoms with E-state index >= 15 is 0 Å². The van der Waals surface area contributed by atoms with Crippen molar-refractivity contribution in [1.29, 1.82) is 0 Å². The molecule has 28 heavy (non-hydrogen) atoms. The number of carbonyl (C=O) groups excluding carboxylic acids is 1. The van der Waals surface area contributed by atoms with Crippen LogP contribution in [0.25, 0.3) is 0 Å². The highest BCUT2D eigenvalue weighted by Gasteiger charge is 2.33. The molecule has 1 aromatic rings. The highest BCUT2D eigenvalue weighted by molar-refractivity contribution is 7.89. The summed E-state index contributed by atoms with van der Waals surface area (Å²) in [5.41, 5.74) is -0.0736. The van der Waals surface area contributed by atoms with Crippen molar-refractivity contribution in [1.82, 2.24) is 14.5 Å². The van der Waals surface area contributed by atoms with Crippen LogP contribution in [0, 0.1) is 23.0 Å². The van der Waals surface area contributed by atoms with Gasteiger partial charge in [-0.25, -0.2) is 17.2 Å². The van der Waals surface area contributed by atoms with E-state index in [1.54, 1.807) is 0 Å². The first-order valence-corrected chi connectivity index (χ1v) is 10.7. The fourth-order valence-electron chi connectivity index (χ4n) is 3.53. The van der Waals surface area contributed by atoms with Crippen molar-refractivity contribution in [2.45, 2.75) is 31.6 Å². The van der Waals surface area contributed by atoms with Crippen molar-refractivity contribution >= 4 is 15.9 Å². The van der Waals surface area contributed by atoms with Gasteiger partial charge in [0, 0.05) is 32.1 Å². The molecule has 0 aromatic heterocycles. The maximum Gasteiger partial charge on any atom is 0.243 e. The lowest BCUT2D eigenvalue weighted by Crippen LogP contribution is -2.46. The van der Waals surface area contributed by atoms with Gasteiger partial charge in [0.2, 0.25) is 15.9 Å². The second kappa shape index (κ2) is 8.84. The molecule has 0 saturated carbocycles. The Labute approximate surface area is 165 Å². The van der Waals surface area contributed by atoms with Crippen molar-refractivity contribution in [2.24, 2.45) is 11.3 Å². The summed E-state index contributed by atoms with van der Waals surface area (Å²) in [4.78, 5) is 14.2. The number of piperidine rings is 1. The van der Waals surface area contributed by atoms with Gasteiger partial charge < -0.3 is 10.2 Å². The van der Waals surface area contributed by atoms with Crippen LogP contribution >= 0.6 is 0 Å². The van der Waals surface area contributed by atoms with Crippen molar-refractivity contribution in [3.63, 3.8) is 0 Å². The molecule has 1 saturated heterocycles. The number of benzene rings is 1. The Hall–Kier alpha value is -1.58. The Kier molecular flexibility index (Phi) is 7.17. The fraction of sp³-hybridized carbons (Fsp3) is 0.632. The van der Waals surface area contributed by atoms with E-state index in [1.807, 2.05) is 14.1 Å². The molecule has 0 bridgehead atoms. The third kappa shape index (κ3) is 5.71. The van der Waals surface area contributed by atoms with Gasteiger partial charge in [0.05, 0.1) is 4.90 Å². The molecule has 1 N–H and O–H groups in total. The first-order chi connectivity index (χ1) is 12.9. The first kappa shape index (κ1) is 22.7. The lowest BCUT2D eigenvalue weighted by atomic mass is 9.91. The first-order valence-electron chi connectivity index (χ1n) is 9.30. The third-order valence-electron chi connectivity index (χ3n) is 4.84. The van der Waals surface area contributed by atoms with Crippen LogP contribution in [-0.2, 0) is 14.8 Å². The van der Waals surface area contributed by atoms with Gasteiger partial charge in [-0.2, -0.15) is 4.31 Å². The van der Waals surface area contributed by atoms with E-state index in [2.05, 4.69) is 24.1 Å². The molecule has 6 nitrogen and oxygen atoms in total. The molecule has 0 unspecified atom stereocenters. The van der Waals surface area contributed by atoms with E-state index in [-0.39, 0.29) is 35.2 Å². The van der Waals surface area contributed by atoms with Crippen molar-refractivity contribution in [2.75, 3.05) is 40.3 Å². The van der Waals surface area contributed by atoms with Crippen molar-refractivity contribution < 1.29 is 22.0 Å². The molecule has 2 rings (SSSR count). The number of amides is 1. The maximum absolute atomic E-state index is 13.4. The zero-order valence-electron chi connectivity index (χ0n) is 16.8. The predicted molar refractivity (Wildman–Crippen MR) is 103 cm³/mol. The number of halogens is 2. The number of sulfonamides is 1. The summed E-state index contributed by atoms with van der Waals surface area (Å²) in [5.74, 6) is -2.62. The Morgan fingerprint density at radius 3 is 2.36 bits per heavy atom. The smallest absolute Gasteiger partial charge is 0.243 e. The van der Waals surface area contributed by atoms with Crippen molar-refractivity contribution in [3.8, 4) is 0 Å². The lowest BCUT2D eigenvalue weighted by molar-refractivity contribution is -0.126. The van der Waals surface area contributed by atoms with E-state index in [9.17, 15) is 22.0 Å². The second-order valence-corrected chi connectivity index (χ2v) is 10.3. The van der Waals surface area contributed by atoms with E-state index in [4.69, 9.17) is 0 Å². The quantitative estimate of drug-likeness (QED) is 0.738. The van der Waals surface area contributed by atoms with Gasteiger partial charge in [0.15, 0.2) is 11.6 Å². The van der Waals surface area contributed by atoms with Crippen LogP contribution in [0.5, 0.6) is 0 Å². The Balaban J connectivity index is 1.93. The molecule has 1 amide bonds. The van der Waals surface area contributed by atoms with Crippen LogP contribution < -0.4 is 5.32 Å². The van der Waals surface area contributed by atoms with E-state index in [1.165, 1.54) is 4.31 Å². The van der Waals surface area contributed by atoms with Crippen LogP contribution in [0.4, 0.5) is 8.78 Å². The zero-order valence-corrected chi connectivity index (χ0v) is 17.7. The SMILES string of the molecule is CN(C)CC(C)(C)CNC(=O)C1CCN(S(=O)(=O)c2ccc(F)c(F)c2)CC1. The molecule has 1 aromatic carbocycles. The highest BCUT2D eigenvalue weighted by atomic mass is 32.2. The van der Waals surface area contributed by atoms with Gasteiger partial charge in [-0.3, -0.25) is 4.79 Å². The minimum absolute atomic E-state index is 0.0725. The Morgan fingerprint density at radius 1 is 1.21 bits per heavy atom. The zero-order chi connectivity index (χ0) is 21.1. The Bertz CT molecular complexity index is 805. The number of hydrogen-bond donors (Lipinski definition) is 1. The number of carbonyl (C=O) groups is 1. The van der Waals surface area contributed by atoms with Gasteiger partial charge in [-0.15, -0.1) is 0 Å². The van der Waals surface area contributed by atoms with Crippen LogP contribution in [0.1, 0.15) is 26.7 Å². The largest absolute Gasteiger partial charge is 0.355 e. The highest BCUT2D eigenvalue weighted by Crippen LogP contribution is 2.25. The monoisotopic (exact) mass is 417 g/mol. The van der Waals surface area contributed by atoms with Crippen LogP contribution in [0.2, 0.25) is 0 Å². The molecule has 9 heteroatoms. The minimum atomic E-state index is -3.91. The normalized spacial score (nSPS) is 17.1. The van der Waals surface area contributed by atoms with Crippen molar-refractivity contribution in [3.05, 3.63) is 29.8 Å². The molecule has 1 heterocycles. The standard InChI is InChI=1S/C19H29F2N3O3S/c1-19(2,13-23(3)4)12-22-18(25)14-7-9-24(10-8-14)28(26,27)15-5-6-16(20)17(21)11-15/h5-6,11,14H,7-10,12-13H2,1-4H3,(H,22,25). The minimum Gasteiger partial charge on any atom is -0.355 e. The summed E-state index contributed by atoms with van der Waals surface area (Å²) in [5, 5.41) is 2.97.